The van der Waals surface area contributed by atoms with Gasteiger partial charge in [0.1, 0.15) is 0 Å². The van der Waals surface area contributed by atoms with E-state index in [4.69, 9.17) is 0 Å². The summed E-state index contributed by atoms with van der Waals surface area (Å²) in [4.78, 5) is 34.9. The highest BCUT2D eigenvalue weighted by Crippen LogP contribution is 2.28. The molecule has 0 spiro atoms. The van der Waals surface area contributed by atoms with Gasteiger partial charge in [-0.05, 0) is 43.3 Å². The SMILES string of the molecule is Cc1cccc(NC(=O)NC2(N(C)Cc3ccccc3)N=Cc3ccccc3N(C)C2=O)c1. The normalized spacial score (nSPS) is 17.5. The molecule has 0 aromatic heterocycles. The van der Waals surface area contributed by atoms with E-state index in [9.17, 15) is 9.59 Å². The molecule has 1 aliphatic rings. The van der Waals surface area contributed by atoms with Gasteiger partial charge >= 0.3 is 6.03 Å². The van der Waals surface area contributed by atoms with Crippen molar-refractivity contribution < 1.29 is 9.59 Å². The second kappa shape index (κ2) is 9.26. The number of benzene rings is 3. The molecule has 0 saturated carbocycles. The molecule has 0 aliphatic carbocycles. The second-order valence-corrected chi connectivity index (χ2v) is 8.14. The Balaban J connectivity index is 1.70. The molecule has 4 rings (SSSR count). The monoisotopic (exact) mass is 441 g/mol. The summed E-state index contributed by atoms with van der Waals surface area (Å²) in [6, 6.07) is 24.2. The van der Waals surface area contributed by atoms with Crippen molar-refractivity contribution in [3.8, 4) is 0 Å². The number of carbonyl (C=O) groups excluding carboxylic acids is 2. The number of fused-ring (bicyclic) bond motifs is 1. The maximum Gasteiger partial charge on any atom is 0.322 e. The molecule has 33 heavy (non-hydrogen) atoms. The summed E-state index contributed by atoms with van der Waals surface area (Å²) in [6.45, 7) is 2.35. The van der Waals surface area contributed by atoms with Crippen LogP contribution in [0.4, 0.5) is 16.2 Å². The molecular formula is C26H27N5O2. The lowest BCUT2D eigenvalue weighted by Gasteiger charge is -2.38. The number of aliphatic imine (C=N–C) groups is 1. The van der Waals surface area contributed by atoms with Gasteiger partial charge in [-0.1, -0.05) is 60.7 Å². The van der Waals surface area contributed by atoms with Crippen LogP contribution in [0.5, 0.6) is 0 Å². The highest BCUT2D eigenvalue weighted by Gasteiger charge is 2.47. The van der Waals surface area contributed by atoms with Crippen molar-refractivity contribution in [1.82, 2.24) is 10.2 Å². The van der Waals surface area contributed by atoms with Gasteiger partial charge < -0.3 is 10.2 Å². The van der Waals surface area contributed by atoms with Gasteiger partial charge in [0.05, 0.1) is 5.69 Å². The van der Waals surface area contributed by atoms with Crippen molar-refractivity contribution in [2.45, 2.75) is 19.3 Å². The van der Waals surface area contributed by atoms with Gasteiger partial charge in [-0.15, -0.1) is 0 Å². The number of urea groups is 1. The summed E-state index contributed by atoms with van der Waals surface area (Å²) in [6.07, 6.45) is 1.64. The number of aryl methyl sites for hydroxylation is 1. The first-order valence-corrected chi connectivity index (χ1v) is 10.7. The number of likely N-dealkylation sites (N-methyl/N-ethyl adjacent to an activating group) is 2. The Kier molecular flexibility index (Phi) is 6.24. The highest BCUT2D eigenvalue weighted by molar-refractivity contribution is 6.08. The van der Waals surface area contributed by atoms with Crippen molar-refractivity contribution in [3.63, 3.8) is 0 Å². The third kappa shape index (κ3) is 4.63. The fourth-order valence-corrected chi connectivity index (χ4v) is 3.92. The van der Waals surface area contributed by atoms with E-state index in [-0.39, 0.29) is 5.91 Å². The molecular weight excluding hydrogens is 414 g/mol. The van der Waals surface area contributed by atoms with Crippen LogP contribution in [0.15, 0.2) is 83.9 Å². The van der Waals surface area contributed by atoms with E-state index in [2.05, 4.69) is 15.6 Å². The molecule has 1 atom stereocenters. The first kappa shape index (κ1) is 22.2. The number of nitrogens with zero attached hydrogens (tertiary/aromatic N) is 3. The van der Waals surface area contributed by atoms with E-state index in [0.29, 0.717) is 12.2 Å². The van der Waals surface area contributed by atoms with Crippen LogP contribution in [-0.2, 0) is 11.3 Å². The third-order valence-corrected chi connectivity index (χ3v) is 5.67. The highest BCUT2D eigenvalue weighted by atomic mass is 16.2. The predicted octanol–water partition coefficient (Wildman–Crippen LogP) is 4.00. The minimum Gasteiger partial charge on any atom is -0.310 e. The molecule has 0 fully saturated rings. The molecule has 2 N–H and O–H groups in total. The fraction of sp³-hybridized carbons (Fsp3) is 0.192. The largest absolute Gasteiger partial charge is 0.322 e. The van der Waals surface area contributed by atoms with Crippen LogP contribution < -0.4 is 15.5 Å². The molecule has 7 nitrogen and oxygen atoms in total. The maximum absolute atomic E-state index is 13.8. The number of anilines is 2. The molecule has 1 heterocycles. The standard InChI is InChI=1S/C26H27N5O2/c1-19-10-9-14-22(16-19)28-25(33)29-26(30(2)18-20-11-5-4-6-12-20)24(32)31(3)23-15-8-7-13-21(23)17-27-26/h4-17H,18H2,1-3H3,(H2,28,29,33). The number of hydrogen-bond acceptors (Lipinski definition) is 4. The minimum absolute atomic E-state index is 0.360. The number of benzodiazepines with no additional fused rings is 1. The molecule has 168 valence electrons. The van der Waals surface area contributed by atoms with Crippen LogP contribution in [0.2, 0.25) is 0 Å². The van der Waals surface area contributed by atoms with Gasteiger partial charge in [0.25, 0.3) is 11.7 Å². The number of amides is 3. The zero-order valence-electron chi connectivity index (χ0n) is 18.9. The van der Waals surface area contributed by atoms with Crippen LogP contribution in [-0.4, -0.2) is 42.9 Å². The lowest BCUT2D eigenvalue weighted by Crippen LogP contribution is -2.66. The van der Waals surface area contributed by atoms with Crippen LogP contribution in [0.25, 0.3) is 0 Å². The zero-order chi connectivity index (χ0) is 23.4. The maximum atomic E-state index is 13.8. The fourth-order valence-electron chi connectivity index (χ4n) is 3.92. The lowest BCUT2D eigenvalue weighted by molar-refractivity contribution is -0.131. The van der Waals surface area contributed by atoms with Crippen molar-refractivity contribution in [3.05, 3.63) is 95.6 Å². The van der Waals surface area contributed by atoms with E-state index in [1.165, 1.54) is 4.90 Å². The van der Waals surface area contributed by atoms with Crippen molar-refractivity contribution in [2.24, 2.45) is 4.99 Å². The predicted molar refractivity (Wildman–Crippen MR) is 131 cm³/mol. The Morgan fingerprint density at radius 2 is 1.76 bits per heavy atom. The zero-order valence-corrected chi connectivity index (χ0v) is 18.9. The van der Waals surface area contributed by atoms with Crippen molar-refractivity contribution >= 4 is 29.5 Å². The number of para-hydroxylation sites is 1. The number of hydrogen-bond donors (Lipinski definition) is 2. The first-order valence-electron chi connectivity index (χ1n) is 10.7. The second-order valence-electron chi connectivity index (χ2n) is 8.14. The average Bonchev–Trinajstić information content (AvgIpc) is 2.91. The smallest absolute Gasteiger partial charge is 0.310 e. The van der Waals surface area contributed by atoms with E-state index >= 15 is 0 Å². The number of carbonyl (C=O) groups is 2. The first-order chi connectivity index (χ1) is 15.9. The average molecular weight is 442 g/mol. The topological polar surface area (TPSA) is 77.0 Å². The van der Waals surface area contributed by atoms with Gasteiger partial charge in [0, 0.05) is 31.1 Å². The molecule has 3 aromatic rings. The van der Waals surface area contributed by atoms with E-state index in [1.54, 1.807) is 31.3 Å². The van der Waals surface area contributed by atoms with Crippen LogP contribution >= 0.6 is 0 Å². The Bertz CT molecular complexity index is 1190. The Morgan fingerprint density at radius 3 is 2.52 bits per heavy atom. The Labute approximate surface area is 193 Å². The van der Waals surface area contributed by atoms with Gasteiger partial charge in [-0.25, -0.2) is 9.79 Å². The molecule has 3 amide bonds. The summed E-state index contributed by atoms with van der Waals surface area (Å²) < 4.78 is 0. The molecule has 1 aliphatic heterocycles. The van der Waals surface area contributed by atoms with Crippen molar-refractivity contribution in [1.29, 1.82) is 0 Å². The molecule has 1 unspecified atom stereocenters. The lowest BCUT2D eigenvalue weighted by atomic mass is 10.1. The van der Waals surface area contributed by atoms with Gasteiger partial charge in [0.2, 0.25) is 0 Å². The van der Waals surface area contributed by atoms with Crippen molar-refractivity contribution in [2.75, 3.05) is 24.3 Å². The quantitative estimate of drug-likeness (QED) is 0.588. The van der Waals surface area contributed by atoms with Crippen LogP contribution in [0.1, 0.15) is 16.7 Å². The Hall–Kier alpha value is -3.97. The van der Waals surface area contributed by atoms with Gasteiger partial charge in [-0.3, -0.25) is 15.0 Å². The van der Waals surface area contributed by atoms with Gasteiger partial charge in [0.15, 0.2) is 0 Å². The minimum atomic E-state index is -1.64. The molecule has 7 heteroatoms. The van der Waals surface area contributed by atoms with Crippen LogP contribution in [0.3, 0.4) is 0 Å². The molecule has 0 radical (unpaired) electrons. The summed E-state index contributed by atoms with van der Waals surface area (Å²) in [5, 5.41) is 5.69. The van der Waals surface area contributed by atoms with Crippen LogP contribution in [0, 0.1) is 6.92 Å². The molecule has 0 bridgehead atoms. The third-order valence-electron chi connectivity index (χ3n) is 5.67. The van der Waals surface area contributed by atoms with E-state index in [0.717, 1.165) is 22.4 Å². The van der Waals surface area contributed by atoms with E-state index < -0.39 is 11.8 Å². The number of rotatable bonds is 5. The van der Waals surface area contributed by atoms with Gasteiger partial charge in [-0.2, -0.15) is 0 Å². The summed E-state index contributed by atoms with van der Waals surface area (Å²) in [7, 11) is 3.47. The summed E-state index contributed by atoms with van der Waals surface area (Å²) >= 11 is 0. The number of nitrogens with one attached hydrogen (secondary N) is 2. The molecule has 0 saturated heterocycles. The summed E-state index contributed by atoms with van der Waals surface area (Å²) in [5.74, 6) is -2.00. The van der Waals surface area contributed by atoms with E-state index in [1.807, 2.05) is 79.7 Å². The Morgan fingerprint density at radius 1 is 1.03 bits per heavy atom. The summed E-state index contributed by atoms with van der Waals surface area (Å²) in [5.41, 5.74) is 4.16. The molecule has 3 aromatic carbocycles.